The zero-order valence-electron chi connectivity index (χ0n) is 9.06. The molecule has 0 aromatic carbocycles. The first-order valence-corrected chi connectivity index (χ1v) is 5.00. The highest BCUT2D eigenvalue weighted by atomic mass is 15.2. The molecule has 0 aliphatic heterocycles. The van der Waals surface area contributed by atoms with Gasteiger partial charge in [-0.05, 0) is 26.9 Å². The van der Waals surface area contributed by atoms with E-state index in [-0.39, 0.29) is 5.54 Å². The smallest absolute Gasteiger partial charge is 0.0325 e. The second-order valence-electron chi connectivity index (χ2n) is 3.82. The van der Waals surface area contributed by atoms with Gasteiger partial charge in [-0.15, -0.1) is 0 Å². The summed E-state index contributed by atoms with van der Waals surface area (Å²) in [7, 11) is 4.27. The van der Waals surface area contributed by atoms with Gasteiger partial charge in [-0.1, -0.05) is 26.7 Å². The van der Waals surface area contributed by atoms with E-state index in [2.05, 4.69) is 32.8 Å². The van der Waals surface area contributed by atoms with Gasteiger partial charge in [-0.3, -0.25) is 0 Å². The van der Waals surface area contributed by atoms with E-state index in [4.69, 9.17) is 5.73 Å². The normalized spacial score (nSPS) is 12.5. The first-order valence-electron chi connectivity index (χ1n) is 5.00. The van der Waals surface area contributed by atoms with E-state index in [9.17, 15) is 0 Å². The second-order valence-corrected chi connectivity index (χ2v) is 3.82. The fourth-order valence-corrected chi connectivity index (χ4v) is 1.89. The Labute approximate surface area is 77.1 Å². The molecule has 0 aliphatic rings. The van der Waals surface area contributed by atoms with Crippen LogP contribution in [0.15, 0.2) is 0 Å². The van der Waals surface area contributed by atoms with Gasteiger partial charge in [0.15, 0.2) is 0 Å². The van der Waals surface area contributed by atoms with Crippen LogP contribution in [0.25, 0.3) is 0 Å². The average molecular weight is 172 g/mol. The molecule has 12 heavy (non-hydrogen) atoms. The molecule has 0 saturated carbocycles. The van der Waals surface area contributed by atoms with E-state index in [1.54, 1.807) is 0 Å². The predicted molar refractivity (Wildman–Crippen MR) is 55.3 cm³/mol. The van der Waals surface area contributed by atoms with Gasteiger partial charge in [0.2, 0.25) is 0 Å². The van der Waals surface area contributed by atoms with Crippen molar-refractivity contribution in [3.63, 3.8) is 0 Å². The van der Waals surface area contributed by atoms with Crippen LogP contribution in [-0.2, 0) is 0 Å². The topological polar surface area (TPSA) is 29.3 Å². The lowest BCUT2D eigenvalue weighted by molar-refractivity contribution is 0.133. The van der Waals surface area contributed by atoms with Crippen molar-refractivity contribution in [2.45, 2.75) is 45.1 Å². The van der Waals surface area contributed by atoms with Crippen molar-refractivity contribution >= 4 is 0 Å². The van der Waals surface area contributed by atoms with Crippen molar-refractivity contribution in [2.24, 2.45) is 5.73 Å². The zero-order valence-corrected chi connectivity index (χ0v) is 9.06. The van der Waals surface area contributed by atoms with Gasteiger partial charge in [-0.2, -0.15) is 0 Å². The van der Waals surface area contributed by atoms with Crippen molar-refractivity contribution in [1.82, 2.24) is 4.90 Å². The van der Waals surface area contributed by atoms with E-state index in [1.807, 2.05) is 0 Å². The molecule has 0 atom stereocenters. The summed E-state index contributed by atoms with van der Waals surface area (Å²) < 4.78 is 0. The Morgan fingerprint density at radius 3 is 1.67 bits per heavy atom. The van der Waals surface area contributed by atoms with Crippen molar-refractivity contribution in [2.75, 3.05) is 20.6 Å². The van der Waals surface area contributed by atoms with E-state index in [0.717, 1.165) is 6.54 Å². The summed E-state index contributed by atoms with van der Waals surface area (Å²) >= 11 is 0. The lowest BCUT2D eigenvalue weighted by Crippen LogP contribution is -2.50. The molecule has 0 spiro atoms. The fraction of sp³-hybridized carbons (Fsp3) is 1.00. The minimum atomic E-state index is 0.253. The van der Waals surface area contributed by atoms with Crippen LogP contribution in [-0.4, -0.2) is 31.1 Å². The number of nitrogens with two attached hydrogens (primary N) is 1. The van der Waals surface area contributed by atoms with Gasteiger partial charge in [0.05, 0.1) is 0 Å². The maximum atomic E-state index is 5.84. The lowest BCUT2D eigenvalue weighted by atomic mass is 9.87. The molecule has 0 unspecified atom stereocenters. The summed E-state index contributed by atoms with van der Waals surface area (Å²) in [6.07, 6.45) is 4.86. The lowest BCUT2D eigenvalue weighted by Gasteiger charge is -2.39. The van der Waals surface area contributed by atoms with Crippen molar-refractivity contribution in [3.05, 3.63) is 0 Å². The molecule has 0 fully saturated rings. The molecule has 0 saturated heterocycles. The molecule has 0 heterocycles. The van der Waals surface area contributed by atoms with Gasteiger partial charge in [-0.25, -0.2) is 0 Å². The van der Waals surface area contributed by atoms with Crippen molar-refractivity contribution in [3.8, 4) is 0 Å². The van der Waals surface area contributed by atoms with E-state index in [0.29, 0.717) is 0 Å². The molecule has 74 valence electrons. The second kappa shape index (κ2) is 5.55. The average Bonchev–Trinajstić information content (AvgIpc) is 2.03. The van der Waals surface area contributed by atoms with Gasteiger partial charge in [0.25, 0.3) is 0 Å². The number of hydrogen-bond acceptors (Lipinski definition) is 2. The standard InChI is InChI=1S/C10H24N2/c1-5-7-10(9-11,8-6-2)12(3)4/h5-9,11H2,1-4H3. The number of likely N-dealkylation sites (N-methyl/N-ethyl adjacent to an activating group) is 1. The highest BCUT2D eigenvalue weighted by Gasteiger charge is 2.28. The van der Waals surface area contributed by atoms with Crippen LogP contribution in [0, 0.1) is 0 Å². The molecule has 2 heteroatoms. The molecular weight excluding hydrogens is 148 g/mol. The maximum Gasteiger partial charge on any atom is 0.0325 e. The Hall–Kier alpha value is -0.0800. The molecule has 0 rings (SSSR count). The molecule has 0 aliphatic carbocycles. The Balaban J connectivity index is 4.28. The highest BCUT2D eigenvalue weighted by molar-refractivity contribution is 4.87. The van der Waals surface area contributed by atoms with Gasteiger partial charge in [0, 0.05) is 12.1 Å². The first kappa shape index (κ1) is 11.9. The summed E-state index contributed by atoms with van der Waals surface area (Å²) in [5.41, 5.74) is 6.09. The molecule has 2 nitrogen and oxygen atoms in total. The van der Waals surface area contributed by atoms with Crippen LogP contribution in [0.4, 0.5) is 0 Å². The van der Waals surface area contributed by atoms with Gasteiger partial charge < -0.3 is 10.6 Å². The summed E-state index contributed by atoms with van der Waals surface area (Å²) in [4.78, 5) is 2.29. The molecule has 2 N–H and O–H groups in total. The van der Waals surface area contributed by atoms with E-state index in [1.165, 1.54) is 25.7 Å². The monoisotopic (exact) mass is 172 g/mol. The molecule has 0 aromatic heterocycles. The van der Waals surface area contributed by atoms with Crippen molar-refractivity contribution < 1.29 is 0 Å². The summed E-state index contributed by atoms with van der Waals surface area (Å²) in [6, 6.07) is 0. The summed E-state index contributed by atoms with van der Waals surface area (Å²) in [6.45, 7) is 5.23. The Kier molecular flexibility index (Phi) is 5.51. The van der Waals surface area contributed by atoms with Crippen LogP contribution < -0.4 is 5.73 Å². The Bertz CT molecular complexity index is 104. The first-order chi connectivity index (χ1) is 5.63. The zero-order chi connectivity index (χ0) is 9.61. The van der Waals surface area contributed by atoms with E-state index < -0.39 is 0 Å². The van der Waals surface area contributed by atoms with Crippen LogP contribution in [0.2, 0.25) is 0 Å². The maximum absolute atomic E-state index is 5.84. The highest BCUT2D eigenvalue weighted by Crippen LogP contribution is 2.23. The predicted octanol–water partition coefficient (Wildman–Crippen LogP) is 1.85. The summed E-state index contributed by atoms with van der Waals surface area (Å²) in [5.74, 6) is 0. The number of hydrogen-bond donors (Lipinski definition) is 1. The van der Waals surface area contributed by atoms with Crippen LogP contribution in [0.5, 0.6) is 0 Å². The third-order valence-electron chi connectivity index (χ3n) is 2.76. The molecule has 0 bridgehead atoms. The Morgan fingerprint density at radius 2 is 1.50 bits per heavy atom. The van der Waals surface area contributed by atoms with Crippen LogP contribution in [0.3, 0.4) is 0 Å². The minimum absolute atomic E-state index is 0.253. The molecule has 0 aromatic rings. The molecule has 0 radical (unpaired) electrons. The fourth-order valence-electron chi connectivity index (χ4n) is 1.89. The van der Waals surface area contributed by atoms with Gasteiger partial charge >= 0.3 is 0 Å². The molecular formula is C10H24N2. The Morgan fingerprint density at radius 1 is 1.08 bits per heavy atom. The van der Waals surface area contributed by atoms with Crippen LogP contribution >= 0.6 is 0 Å². The van der Waals surface area contributed by atoms with E-state index >= 15 is 0 Å². The summed E-state index contributed by atoms with van der Waals surface area (Å²) in [5, 5.41) is 0. The van der Waals surface area contributed by atoms with Crippen molar-refractivity contribution in [1.29, 1.82) is 0 Å². The quantitative estimate of drug-likeness (QED) is 0.662. The third kappa shape index (κ3) is 2.76. The third-order valence-corrected chi connectivity index (χ3v) is 2.76. The largest absolute Gasteiger partial charge is 0.329 e. The SMILES string of the molecule is CCCC(CN)(CCC)N(C)C. The van der Waals surface area contributed by atoms with Crippen LogP contribution in [0.1, 0.15) is 39.5 Å². The van der Waals surface area contributed by atoms with Gasteiger partial charge in [0.1, 0.15) is 0 Å². The minimum Gasteiger partial charge on any atom is -0.329 e. The number of nitrogens with zero attached hydrogens (tertiary/aromatic N) is 1. The molecule has 0 amide bonds. The number of rotatable bonds is 6.